The first kappa shape index (κ1) is 12.4. The number of carbonyl (C=O) groups excluding carboxylic acids is 2. The molecule has 0 aliphatic carbocycles. The molecule has 0 aromatic rings. The number of primary amides is 1. The van der Waals surface area contributed by atoms with E-state index in [-0.39, 0.29) is 24.4 Å². The van der Waals surface area contributed by atoms with E-state index in [2.05, 4.69) is 22.6 Å². The van der Waals surface area contributed by atoms with E-state index in [0.717, 1.165) is 0 Å². The number of amides is 1. The van der Waals surface area contributed by atoms with E-state index in [1.165, 1.54) is 7.11 Å². The van der Waals surface area contributed by atoms with Gasteiger partial charge in [0.05, 0.1) is 12.2 Å². The van der Waals surface area contributed by atoms with Crippen molar-refractivity contribution in [3.05, 3.63) is 24.3 Å². The summed E-state index contributed by atoms with van der Waals surface area (Å²) in [6, 6.07) is 0. The van der Waals surface area contributed by atoms with Crippen LogP contribution in [-0.2, 0) is 19.1 Å². The molecule has 14 heavy (non-hydrogen) atoms. The molecule has 0 fully saturated rings. The summed E-state index contributed by atoms with van der Waals surface area (Å²) in [5.41, 5.74) is 4.62. The van der Waals surface area contributed by atoms with Crippen molar-refractivity contribution in [1.82, 2.24) is 0 Å². The normalized spacial score (nSPS) is 9.21. The van der Waals surface area contributed by atoms with Crippen LogP contribution in [0.15, 0.2) is 24.3 Å². The number of nitrogens with two attached hydrogens (primary N) is 1. The lowest BCUT2D eigenvalue weighted by Crippen LogP contribution is -2.20. The Bertz CT molecular complexity index is 270. The maximum absolute atomic E-state index is 11.1. The highest BCUT2D eigenvalue weighted by Crippen LogP contribution is 2.06. The predicted octanol–water partition coefficient (Wildman–Crippen LogP) is -0.226. The summed E-state index contributed by atoms with van der Waals surface area (Å²) in [5.74, 6) is -1.51. The number of hydrogen-bond acceptors (Lipinski definition) is 4. The average Bonchev–Trinajstić information content (AvgIpc) is 2.15. The molecule has 0 heterocycles. The summed E-state index contributed by atoms with van der Waals surface area (Å²) in [6.07, 6.45) is 0. The van der Waals surface area contributed by atoms with Crippen molar-refractivity contribution < 1.29 is 19.1 Å². The smallest absolute Gasteiger partial charge is 0.338 e. The maximum atomic E-state index is 11.1. The van der Waals surface area contributed by atoms with Crippen LogP contribution in [0.4, 0.5) is 0 Å². The third-order valence-electron chi connectivity index (χ3n) is 1.43. The van der Waals surface area contributed by atoms with E-state index in [1.54, 1.807) is 0 Å². The molecule has 0 radical (unpaired) electrons. The third-order valence-corrected chi connectivity index (χ3v) is 1.43. The van der Waals surface area contributed by atoms with Gasteiger partial charge in [-0.1, -0.05) is 13.2 Å². The van der Waals surface area contributed by atoms with Gasteiger partial charge in [0.15, 0.2) is 0 Å². The maximum Gasteiger partial charge on any atom is 0.338 e. The Hall–Kier alpha value is -1.62. The van der Waals surface area contributed by atoms with E-state index in [0.29, 0.717) is 0 Å². The van der Waals surface area contributed by atoms with Gasteiger partial charge in [-0.2, -0.15) is 0 Å². The molecule has 78 valence electrons. The molecular formula is C9H13NO4. The summed E-state index contributed by atoms with van der Waals surface area (Å²) in [4.78, 5) is 21.7. The Morgan fingerprint density at radius 2 is 1.79 bits per heavy atom. The fourth-order valence-electron chi connectivity index (χ4n) is 0.577. The second kappa shape index (κ2) is 5.93. The molecule has 0 bridgehead atoms. The van der Waals surface area contributed by atoms with E-state index in [9.17, 15) is 9.59 Å². The molecule has 5 heteroatoms. The van der Waals surface area contributed by atoms with Crippen LogP contribution in [-0.4, -0.2) is 32.2 Å². The first-order valence-corrected chi connectivity index (χ1v) is 3.84. The van der Waals surface area contributed by atoms with Crippen molar-refractivity contribution in [2.45, 2.75) is 0 Å². The predicted molar refractivity (Wildman–Crippen MR) is 50.3 cm³/mol. The summed E-state index contributed by atoms with van der Waals surface area (Å²) < 4.78 is 9.34. The van der Waals surface area contributed by atoms with Gasteiger partial charge in [0, 0.05) is 12.7 Å². The second-order valence-corrected chi connectivity index (χ2v) is 2.45. The number of carbonyl (C=O) groups is 2. The van der Waals surface area contributed by atoms with Gasteiger partial charge in [-0.3, -0.25) is 4.79 Å². The molecule has 0 aromatic carbocycles. The van der Waals surface area contributed by atoms with Gasteiger partial charge in [0.2, 0.25) is 5.91 Å². The van der Waals surface area contributed by atoms with Gasteiger partial charge in [0.1, 0.15) is 6.61 Å². The highest BCUT2D eigenvalue weighted by molar-refractivity contribution is 6.07. The molecule has 0 aliphatic heterocycles. The topological polar surface area (TPSA) is 78.6 Å². The Balaban J connectivity index is 4.07. The van der Waals surface area contributed by atoms with Crippen molar-refractivity contribution in [2.24, 2.45) is 5.73 Å². The lowest BCUT2D eigenvalue weighted by Gasteiger charge is -2.06. The highest BCUT2D eigenvalue weighted by Gasteiger charge is 2.15. The summed E-state index contributed by atoms with van der Waals surface area (Å²) in [6.45, 7) is 7.01. The summed E-state index contributed by atoms with van der Waals surface area (Å²) >= 11 is 0. The largest absolute Gasteiger partial charge is 0.460 e. The van der Waals surface area contributed by atoms with Gasteiger partial charge < -0.3 is 15.2 Å². The number of rotatable bonds is 6. The van der Waals surface area contributed by atoms with Crippen LogP contribution in [0, 0.1) is 0 Å². The number of esters is 1. The Morgan fingerprint density at radius 3 is 2.21 bits per heavy atom. The minimum atomic E-state index is -0.793. The van der Waals surface area contributed by atoms with Crippen molar-refractivity contribution >= 4 is 11.9 Å². The van der Waals surface area contributed by atoms with Crippen molar-refractivity contribution in [1.29, 1.82) is 0 Å². The van der Waals surface area contributed by atoms with Crippen LogP contribution in [0.5, 0.6) is 0 Å². The molecule has 0 saturated heterocycles. The van der Waals surface area contributed by atoms with Crippen LogP contribution >= 0.6 is 0 Å². The zero-order valence-corrected chi connectivity index (χ0v) is 8.04. The van der Waals surface area contributed by atoms with Crippen LogP contribution in [0.1, 0.15) is 0 Å². The molecule has 0 aliphatic rings. The molecular weight excluding hydrogens is 186 g/mol. The molecule has 0 spiro atoms. The van der Waals surface area contributed by atoms with Gasteiger partial charge in [-0.15, -0.1) is 0 Å². The van der Waals surface area contributed by atoms with E-state index < -0.39 is 11.9 Å². The van der Waals surface area contributed by atoms with Crippen molar-refractivity contribution in [3.8, 4) is 0 Å². The number of ether oxygens (including phenoxy) is 2. The second-order valence-electron chi connectivity index (χ2n) is 2.45. The third kappa shape index (κ3) is 3.86. The minimum absolute atomic E-state index is 0.0976. The van der Waals surface area contributed by atoms with Gasteiger partial charge in [0.25, 0.3) is 0 Å². The van der Waals surface area contributed by atoms with Crippen LogP contribution in [0.2, 0.25) is 0 Å². The Kier molecular flexibility index (Phi) is 5.24. The molecule has 0 aromatic heterocycles. The number of hydrogen-bond donors (Lipinski definition) is 1. The fourth-order valence-corrected chi connectivity index (χ4v) is 0.577. The molecule has 0 unspecified atom stereocenters. The van der Waals surface area contributed by atoms with Crippen LogP contribution < -0.4 is 5.73 Å². The van der Waals surface area contributed by atoms with Gasteiger partial charge >= 0.3 is 5.97 Å². The van der Waals surface area contributed by atoms with E-state index in [4.69, 9.17) is 5.73 Å². The SMILES string of the molecule is C=C(C(=C)C(=O)OCCOC)C(N)=O. The van der Waals surface area contributed by atoms with Gasteiger partial charge in [-0.05, 0) is 0 Å². The fraction of sp³-hybridized carbons (Fsp3) is 0.333. The van der Waals surface area contributed by atoms with Crippen LogP contribution in [0.3, 0.4) is 0 Å². The molecule has 1 amide bonds. The van der Waals surface area contributed by atoms with Crippen molar-refractivity contribution in [2.75, 3.05) is 20.3 Å². The summed E-state index contributed by atoms with van der Waals surface area (Å²) in [7, 11) is 1.48. The van der Waals surface area contributed by atoms with E-state index in [1.807, 2.05) is 0 Å². The quantitative estimate of drug-likeness (QED) is 0.277. The number of methoxy groups -OCH3 is 1. The standard InChI is InChI=1S/C9H13NO4/c1-6(8(10)11)7(2)9(12)14-5-4-13-3/h1-2,4-5H2,3H3,(H2,10,11). The molecule has 0 rings (SSSR count). The minimum Gasteiger partial charge on any atom is -0.460 e. The lowest BCUT2D eigenvalue weighted by molar-refractivity contribution is -0.140. The zero-order chi connectivity index (χ0) is 11.1. The van der Waals surface area contributed by atoms with Crippen LogP contribution in [0.25, 0.3) is 0 Å². The lowest BCUT2D eigenvalue weighted by atomic mass is 10.1. The molecule has 0 saturated carbocycles. The monoisotopic (exact) mass is 199 g/mol. The first-order chi connectivity index (χ1) is 6.50. The molecule has 2 N–H and O–H groups in total. The van der Waals surface area contributed by atoms with Gasteiger partial charge in [-0.25, -0.2) is 4.79 Å². The molecule has 5 nitrogen and oxygen atoms in total. The molecule has 0 atom stereocenters. The summed E-state index contributed by atoms with van der Waals surface area (Å²) in [5, 5.41) is 0. The Morgan fingerprint density at radius 1 is 1.21 bits per heavy atom. The first-order valence-electron chi connectivity index (χ1n) is 3.84. The average molecular weight is 199 g/mol. The Labute approximate surface area is 82.2 Å². The highest BCUT2D eigenvalue weighted by atomic mass is 16.6. The zero-order valence-electron chi connectivity index (χ0n) is 8.04. The van der Waals surface area contributed by atoms with E-state index >= 15 is 0 Å². The van der Waals surface area contributed by atoms with Crippen molar-refractivity contribution in [3.63, 3.8) is 0 Å².